The van der Waals surface area contributed by atoms with Gasteiger partial charge >= 0.3 is 0 Å². The molecule has 0 bridgehead atoms. The van der Waals surface area contributed by atoms with E-state index in [-0.39, 0.29) is 18.4 Å². The van der Waals surface area contributed by atoms with Crippen LogP contribution in [0.4, 0.5) is 5.69 Å². The lowest BCUT2D eigenvalue weighted by Gasteiger charge is -2.37. The number of nitrogens with zero attached hydrogens (tertiary/aromatic N) is 4. The van der Waals surface area contributed by atoms with E-state index in [1.54, 1.807) is 0 Å². The number of carbonyl (C=O) groups is 1. The summed E-state index contributed by atoms with van der Waals surface area (Å²) in [4.78, 5) is 16.7. The smallest absolute Gasteiger partial charge is 0.250 e. The zero-order valence-electron chi connectivity index (χ0n) is 18.5. The van der Waals surface area contributed by atoms with Gasteiger partial charge in [-0.2, -0.15) is 5.26 Å². The number of piperazine rings is 1. The molecule has 0 aromatic heterocycles. The zero-order valence-corrected chi connectivity index (χ0v) is 18.5. The number of ether oxygens (including phenoxy) is 1. The molecular formula is C25H30N4O3. The molecular weight excluding hydrogens is 404 g/mol. The summed E-state index contributed by atoms with van der Waals surface area (Å²) >= 11 is 0. The molecule has 2 aromatic carbocycles. The molecule has 2 aliphatic heterocycles. The first kappa shape index (κ1) is 22.3. The van der Waals surface area contributed by atoms with Crippen molar-refractivity contribution in [2.45, 2.75) is 25.4 Å². The number of benzene rings is 2. The molecule has 1 fully saturated rings. The van der Waals surface area contributed by atoms with Gasteiger partial charge in [0, 0.05) is 45.5 Å². The van der Waals surface area contributed by atoms with Crippen LogP contribution in [0.1, 0.15) is 34.8 Å². The number of hydrogen-bond donors (Lipinski definition) is 1. The number of carbonyl (C=O) groups excluding carboxylic acids is 1. The summed E-state index contributed by atoms with van der Waals surface area (Å²) < 4.78 is 6.09. The molecule has 168 valence electrons. The van der Waals surface area contributed by atoms with Crippen molar-refractivity contribution in [3.63, 3.8) is 0 Å². The lowest BCUT2D eigenvalue weighted by atomic mass is 9.93. The predicted octanol–water partition coefficient (Wildman–Crippen LogP) is 2.77. The van der Waals surface area contributed by atoms with Crippen LogP contribution in [0.15, 0.2) is 42.5 Å². The highest BCUT2D eigenvalue weighted by molar-refractivity contribution is 5.77. The molecule has 4 rings (SSSR count). The molecule has 7 nitrogen and oxygen atoms in total. The molecule has 0 spiro atoms. The molecule has 0 aliphatic carbocycles. The number of nitriles is 1. The first-order chi connectivity index (χ1) is 15.5. The third-order valence-electron chi connectivity index (χ3n) is 6.40. The summed E-state index contributed by atoms with van der Waals surface area (Å²) in [6.45, 7) is 5.66. The summed E-state index contributed by atoms with van der Waals surface area (Å²) in [7, 11) is 1.36. The van der Waals surface area contributed by atoms with Crippen molar-refractivity contribution < 1.29 is 14.7 Å². The Balaban J connectivity index is 1.29. The number of hydrogen-bond acceptors (Lipinski definition) is 6. The minimum Gasteiger partial charge on any atom is -0.373 e. The average molecular weight is 435 g/mol. The van der Waals surface area contributed by atoms with E-state index in [1.165, 1.54) is 23.9 Å². The van der Waals surface area contributed by atoms with Crippen LogP contribution in [0.3, 0.4) is 0 Å². The first-order valence-electron chi connectivity index (χ1n) is 11.2. The van der Waals surface area contributed by atoms with Gasteiger partial charge in [-0.15, -0.1) is 0 Å². The fourth-order valence-corrected chi connectivity index (χ4v) is 4.50. The minimum atomic E-state index is -0.311. The van der Waals surface area contributed by atoms with E-state index in [0.29, 0.717) is 17.2 Å². The van der Waals surface area contributed by atoms with Crippen LogP contribution >= 0.6 is 0 Å². The van der Waals surface area contributed by atoms with Crippen LogP contribution < -0.4 is 4.90 Å². The fraction of sp³-hybridized carbons (Fsp3) is 0.440. The fourth-order valence-electron chi connectivity index (χ4n) is 4.50. The van der Waals surface area contributed by atoms with Crippen molar-refractivity contribution in [2.24, 2.45) is 0 Å². The van der Waals surface area contributed by atoms with E-state index >= 15 is 0 Å². The molecule has 1 saturated heterocycles. The molecule has 2 aliphatic rings. The monoisotopic (exact) mass is 434 g/mol. The van der Waals surface area contributed by atoms with Crippen molar-refractivity contribution in [1.29, 1.82) is 5.26 Å². The largest absolute Gasteiger partial charge is 0.373 e. The maximum atomic E-state index is 11.8. The zero-order chi connectivity index (χ0) is 22.5. The van der Waals surface area contributed by atoms with Crippen LogP contribution in [0.5, 0.6) is 0 Å². The van der Waals surface area contributed by atoms with Gasteiger partial charge in [0.15, 0.2) is 0 Å². The summed E-state index contributed by atoms with van der Waals surface area (Å²) in [5, 5.41) is 18.9. The average Bonchev–Trinajstić information content (AvgIpc) is 2.83. The maximum absolute atomic E-state index is 11.8. The Hall–Kier alpha value is -2.92. The van der Waals surface area contributed by atoms with Crippen molar-refractivity contribution in [3.8, 4) is 6.07 Å². The third kappa shape index (κ3) is 5.28. The van der Waals surface area contributed by atoms with E-state index in [2.05, 4.69) is 28.0 Å². The standard InChI is InChI=1S/C25H30N4O3/c1-27(31)25(30)17-20-4-7-23-21(16-20)9-15-32-24(23)8-10-28-11-13-29(14-12-28)22-5-2-19(18-26)3-6-22/h2-7,16,24,31H,8-15,17H2,1H3/t24-/m0/s1. The topological polar surface area (TPSA) is 80.0 Å². The second-order valence-corrected chi connectivity index (χ2v) is 8.51. The minimum absolute atomic E-state index is 0.0839. The molecule has 32 heavy (non-hydrogen) atoms. The van der Waals surface area contributed by atoms with Gasteiger partial charge in [-0.25, -0.2) is 5.06 Å². The van der Waals surface area contributed by atoms with Gasteiger partial charge in [-0.3, -0.25) is 14.9 Å². The van der Waals surface area contributed by atoms with Crippen molar-refractivity contribution in [2.75, 3.05) is 51.3 Å². The van der Waals surface area contributed by atoms with Crippen LogP contribution in [-0.4, -0.2) is 67.5 Å². The highest BCUT2D eigenvalue weighted by atomic mass is 16.5. The van der Waals surface area contributed by atoms with Gasteiger partial charge in [-0.05, 0) is 53.8 Å². The number of likely N-dealkylation sites (N-methyl/N-ethyl adjacent to an activating group) is 1. The van der Waals surface area contributed by atoms with Gasteiger partial charge in [0.2, 0.25) is 5.91 Å². The van der Waals surface area contributed by atoms with Crippen molar-refractivity contribution in [1.82, 2.24) is 9.96 Å². The molecule has 1 amide bonds. The van der Waals surface area contributed by atoms with Crippen LogP contribution in [0.2, 0.25) is 0 Å². The number of fused-ring (bicyclic) bond motifs is 1. The maximum Gasteiger partial charge on any atom is 0.250 e. The van der Waals surface area contributed by atoms with E-state index in [4.69, 9.17) is 10.00 Å². The number of anilines is 1. The Labute approximate surface area is 189 Å². The summed E-state index contributed by atoms with van der Waals surface area (Å²) in [5.41, 5.74) is 5.27. The van der Waals surface area contributed by atoms with Crippen LogP contribution in [0.25, 0.3) is 0 Å². The Kier molecular flexibility index (Phi) is 7.05. The van der Waals surface area contributed by atoms with Crippen molar-refractivity contribution >= 4 is 11.6 Å². The highest BCUT2D eigenvalue weighted by Gasteiger charge is 2.24. The number of hydroxylamine groups is 2. The Morgan fingerprint density at radius 1 is 1.19 bits per heavy atom. The van der Waals surface area contributed by atoms with Gasteiger partial charge in [0.05, 0.1) is 30.8 Å². The quantitative estimate of drug-likeness (QED) is 0.556. The van der Waals surface area contributed by atoms with Gasteiger partial charge in [-0.1, -0.05) is 18.2 Å². The van der Waals surface area contributed by atoms with E-state index < -0.39 is 0 Å². The molecule has 0 saturated carbocycles. The molecule has 2 aromatic rings. The molecule has 0 radical (unpaired) electrons. The van der Waals surface area contributed by atoms with E-state index in [1.807, 2.05) is 30.3 Å². The van der Waals surface area contributed by atoms with Gasteiger partial charge in [0.25, 0.3) is 0 Å². The summed E-state index contributed by atoms with van der Waals surface area (Å²) in [5.74, 6) is -0.311. The Bertz CT molecular complexity index is 976. The lowest BCUT2D eigenvalue weighted by molar-refractivity contribution is -0.158. The van der Waals surface area contributed by atoms with Crippen LogP contribution in [0, 0.1) is 11.3 Å². The summed E-state index contributed by atoms with van der Waals surface area (Å²) in [6, 6.07) is 16.1. The Morgan fingerprint density at radius 2 is 1.94 bits per heavy atom. The second-order valence-electron chi connectivity index (χ2n) is 8.51. The van der Waals surface area contributed by atoms with Gasteiger partial charge < -0.3 is 9.64 Å². The predicted molar refractivity (Wildman–Crippen MR) is 122 cm³/mol. The third-order valence-corrected chi connectivity index (χ3v) is 6.40. The molecule has 7 heteroatoms. The molecule has 1 N–H and O–H groups in total. The second kappa shape index (κ2) is 10.1. The SMILES string of the molecule is CN(O)C(=O)Cc1ccc2c(c1)CCO[C@H]2CCN1CCN(c2ccc(C#N)cc2)CC1. The highest BCUT2D eigenvalue weighted by Crippen LogP contribution is 2.31. The Morgan fingerprint density at radius 3 is 2.62 bits per heavy atom. The van der Waals surface area contributed by atoms with E-state index in [9.17, 15) is 10.0 Å². The van der Waals surface area contributed by atoms with Crippen LogP contribution in [-0.2, 0) is 22.4 Å². The van der Waals surface area contributed by atoms with Gasteiger partial charge in [0.1, 0.15) is 0 Å². The molecule has 0 unspecified atom stereocenters. The molecule has 1 atom stereocenters. The normalized spacial score (nSPS) is 18.7. The first-order valence-corrected chi connectivity index (χ1v) is 11.2. The number of rotatable bonds is 6. The molecule has 2 heterocycles. The number of amides is 1. The van der Waals surface area contributed by atoms with E-state index in [0.717, 1.165) is 51.1 Å². The van der Waals surface area contributed by atoms with Crippen molar-refractivity contribution in [3.05, 3.63) is 64.7 Å². The lowest BCUT2D eigenvalue weighted by Crippen LogP contribution is -2.46. The summed E-state index contributed by atoms with van der Waals surface area (Å²) in [6.07, 6.45) is 2.09.